The number of esters is 1. The molecule has 0 spiro atoms. The maximum absolute atomic E-state index is 11.7. The van der Waals surface area contributed by atoms with Gasteiger partial charge in [-0.05, 0) is 31.7 Å². The van der Waals surface area contributed by atoms with E-state index in [0.717, 1.165) is 25.1 Å². The van der Waals surface area contributed by atoms with Gasteiger partial charge in [-0.1, -0.05) is 0 Å². The topological polar surface area (TPSA) is 94.7 Å². The van der Waals surface area contributed by atoms with Crippen LogP contribution in [0.3, 0.4) is 0 Å². The molecular formula is C14H21N3O4. The first-order valence-electron chi connectivity index (χ1n) is 7.18. The van der Waals surface area contributed by atoms with Crippen LogP contribution in [0.1, 0.15) is 30.3 Å². The first-order chi connectivity index (χ1) is 10.1. The van der Waals surface area contributed by atoms with E-state index in [0.29, 0.717) is 31.3 Å². The quantitative estimate of drug-likeness (QED) is 0.722. The van der Waals surface area contributed by atoms with E-state index in [2.05, 4.69) is 10.3 Å². The fourth-order valence-corrected chi connectivity index (χ4v) is 2.47. The van der Waals surface area contributed by atoms with Gasteiger partial charge in [0.1, 0.15) is 5.69 Å². The monoisotopic (exact) mass is 295 g/mol. The number of carboxylic acid groups (broad SMARTS) is 1. The van der Waals surface area contributed by atoms with Crippen LogP contribution < -0.4 is 5.32 Å². The molecule has 1 amide bonds. The lowest BCUT2D eigenvalue weighted by Crippen LogP contribution is -2.39. The highest BCUT2D eigenvalue weighted by Gasteiger charge is 2.22. The minimum absolute atomic E-state index is 0.338. The van der Waals surface area contributed by atoms with Gasteiger partial charge in [0, 0.05) is 25.8 Å². The second-order valence-corrected chi connectivity index (χ2v) is 5.08. The predicted molar refractivity (Wildman–Crippen MR) is 77.6 cm³/mol. The molecule has 0 aliphatic carbocycles. The SMILES string of the molecule is CCOC(=O)c1[nH]ccc1NCC1CCN(C(=O)O)CC1. The number of hydrogen-bond donors (Lipinski definition) is 3. The van der Waals surface area contributed by atoms with Gasteiger partial charge in [-0.25, -0.2) is 9.59 Å². The predicted octanol–water partition coefficient (Wildman–Crippen LogP) is 1.99. The summed E-state index contributed by atoms with van der Waals surface area (Å²) in [4.78, 5) is 26.9. The Morgan fingerprint density at radius 3 is 2.81 bits per heavy atom. The Kier molecular flexibility index (Phi) is 5.08. The van der Waals surface area contributed by atoms with Crippen molar-refractivity contribution in [1.29, 1.82) is 0 Å². The van der Waals surface area contributed by atoms with Crippen LogP contribution in [0.25, 0.3) is 0 Å². The van der Waals surface area contributed by atoms with Crippen molar-refractivity contribution >= 4 is 17.7 Å². The van der Waals surface area contributed by atoms with Gasteiger partial charge >= 0.3 is 12.1 Å². The summed E-state index contributed by atoms with van der Waals surface area (Å²) in [7, 11) is 0. The van der Waals surface area contributed by atoms with Crippen molar-refractivity contribution in [1.82, 2.24) is 9.88 Å². The summed E-state index contributed by atoms with van der Waals surface area (Å²) in [5.74, 6) is 0.0382. The molecule has 0 radical (unpaired) electrons. The molecule has 0 saturated carbocycles. The molecular weight excluding hydrogens is 274 g/mol. The molecule has 1 fully saturated rings. The molecule has 7 nitrogen and oxygen atoms in total. The number of aromatic nitrogens is 1. The Bertz CT molecular complexity index is 492. The van der Waals surface area contributed by atoms with Crippen molar-refractivity contribution < 1.29 is 19.4 Å². The zero-order chi connectivity index (χ0) is 15.2. The number of nitrogens with zero attached hydrogens (tertiary/aromatic N) is 1. The van der Waals surface area contributed by atoms with E-state index in [-0.39, 0.29) is 5.97 Å². The van der Waals surface area contributed by atoms with E-state index < -0.39 is 6.09 Å². The highest BCUT2D eigenvalue weighted by molar-refractivity contribution is 5.93. The molecule has 0 aromatic carbocycles. The van der Waals surface area contributed by atoms with Crippen LogP contribution in [0.5, 0.6) is 0 Å². The maximum atomic E-state index is 11.7. The van der Waals surface area contributed by atoms with Crippen molar-refractivity contribution in [3.8, 4) is 0 Å². The van der Waals surface area contributed by atoms with Crippen LogP contribution in [-0.2, 0) is 4.74 Å². The number of anilines is 1. The van der Waals surface area contributed by atoms with Crippen LogP contribution in [-0.4, -0.2) is 53.3 Å². The van der Waals surface area contributed by atoms with Gasteiger partial charge in [-0.2, -0.15) is 0 Å². The van der Waals surface area contributed by atoms with Crippen LogP contribution in [0.15, 0.2) is 12.3 Å². The summed E-state index contributed by atoms with van der Waals surface area (Å²) >= 11 is 0. The van der Waals surface area contributed by atoms with Crippen molar-refractivity contribution in [3.63, 3.8) is 0 Å². The van der Waals surface area contributed by atoms with E-state index in [1.54, 1.807) is 19.2 Å². The molecule has 0 bridgehead atoms. The number of hydrogen-bond acceptors (Lipinski definition) is 4. The van der Waals surface area contributed by atoms with Gasteiger partial charge in [0.2, 0.25) is 0 Å². The van der Waals surface area contributed by atoms with Crippen LogP contribution >= 0.6 is 0 Å². The summed E-state index contributed by atoms with van der Waals surface area (Å²) in [5.41, 5.74) is 1.16. The molecule has 1 saturated heterocycles. The Balaban J connectivity index is 1.83. The molecule has 1 aliphatic rings. The van der Waals surface area contributed by atoms with Crippen molar-refractivity contribution in [2.75, 3.05) is 31.6 Å². The zero-order valence-electron chi connectivity index (χ0n) is 12.1. The Morgan fingerprint density at radius 1 is 1.48 bits per heavy atom. The molecule has 0 atom stereocenters. The number of aromatic amines is 1. The third-order valence-electron chi connectivity index (χ3n) is 3.69. The molecule has 2 heterocycles. The third-order valence-corrected chi connectivity index (χ3v) is 3.69. The van der Waals surface area contributed by atoms with E-state index in [4.69, 9.17) is 9.84 Å². The number of carbonyl (C=O) groups is 2. The molecule has 1 aromatic rings. The number of ether oxygens (including phenoxy) is 1. The minimum Gasteiger partial charge on any atom is -0.465 e. The number of nitrogens with one attached hydrogen (secondary N) is 2. The number of rotatable bonds is 5. The second-order valence-electron chi connectivity index (χ2n) is 5.08. The van der Waals surface area contributed by atoms with E-state index in [9.17, 15) is 9.59 Å². The van der Waals surface area contributed by atoms with Crippen LogP contribution in [0.2, 0.25) is 0 Å². The van der Waals surface area contributed by atoms with Crippen LogP contribution in [0.4, 0.5) is 10.5 Å². The van der Waals surface area contributed by atoms with Gasteiger partial charge < -0.3 is 25.0 Å². The Hall–Kier alpha value is -2.18. The number of piperidine rings is 1. The lowest BCUT2D eigenvalue weighted by molar-refractivity contribution is 0.0521. The summed E-state index contributed by atoms with van der Waals surface area (Å²) < 4.78 is 4.98. The fourth-order valence-electron chi connectivity index (χ4n) is 2.47. The Morgan fingerprint density at radius 2 is 2.19 bits per heavy atom. The number of H-pyrrole nitrogens is 1. The standard InChI is InChI=1S/C14H21N3O4/c1-2-21-13(18)12-11(3-6-15-12)16-9-10-4-7-17(8-5-10)14(19)20/h3,6,10,15-16H,2,4-5,7-9H2,1H3,(H,19,20). The molecule has 0 unspecified atom stereocenters. The normalized spacial score (nSPS) is 15.8. The average molecular weight is 295 g/mol. The molecule has 2 rings (SSSR count). The Labute approximate surface area is 123 Å². The average Bonchev–Trinajstić information content (AvgIpc) is 2.94. The van der Waals surface area contributed by atoms with E-state index in [1.165, 1.54) is 4.90 Å². The third kappa shape index (κ3) is 3.90. The number of carbonyl (C=O) groups excluding carboxylic acids is 1. The molecule has 1 aliphatic heterocycles. The number of amides is 1. The first-order valence-corrected chi connectivity index (χ1v) is 7.18. The highest BCUT2D eigenvalue weighted by atomic mass is 16.5. The fraction of sp³-hybridized carbons (Fsp3) is 0.571. The molecule has 7 heteroatoms. The highest BCUT2D eigenvalue weighted by Crippen LogP contribution is 2.20. The smallest absolute Gasteiger partial charge is 0.407 e. The van der Waals surface area contributed by atoms with Crippen molar-refractivity contribution in [2.45, 2.75) is 19.8 Å². The van der Waals surface area contributed by atoms with Gasteiger partial charge in [-0.3, -0.25) is 0 Å². The van der Waals surface area contributed by atoms with Gasteiger partial charge in [-0.15, -0.1) is 0 Å². The second kappa shape index (κ2) is 7.01. The van der Waals surface area contributed by atoms with Gasteiger partial charge in [0.05, 0.1) is 12.3 Å². The van der Waals surface area contributed by atoms with E-state index in [1.807, 2.05) is 0 Å². The molecule has 21 heavy (non-hydrogen) atoms. The largest absolute Gasteiger partial charge is 0.465 e. The molecule has 1 aromatic heterocycles. The minimum atomic E-state index is -0.850. The lowest BCUT2D eigenvalue weighted by atomic mass is 9.97. The van der Waals surface area contributed by atoms with Gasteiger partial charge in [0.25, 0.3) is 0 Å². The van der Waals surface area contributed by atoms with Crippen molar-refractivity contribution in [3.05, 3.63) is 18.0 Å². The zero-order valence-corrected chi connectivity index (χ0v) is 12.1. The van der Waals surface area contributed by atoms with Crippen LogP contribution in [0, 0.1) is 5.92 Å². The van der Waals surface area contributed by atoms with E-state index >= 15 is 0 Å². The molecule has 3 N–H and O–H groups in total. The summed E-state index contributed by atoms with van der Waals surface area (Å²) in [6.07, 6.45) is 2.51. The van der Waals surface area contributed by atoms with Crippen molar-refractivity contribution in [2.24, 2.45) is 5.92 Å². The summed E-state index contributed by atoms with van der Waals surface area (Å²) in [6.45, 7) is 3.96. The molecule has 116 valence electrons. The maximum Gasteiger partial charge on any atom is 0.407 e. The number of likely N-dealkylation sites (tertiary alicyclic amines) is 1. The lowest BCUT2D eigenvalue weighted by Gasteiger charge is -2.30. The first kappa shape index (κ1) is 15.2. The van der Waals surface area contributed by atoms with Gasteiger partial charge in [0.15, 0.2) is 0 Å². The summed E-state index contributed by atoms with van der Waals surface area (Å²) in [5, 5.41) is 12.2. The summed E-state index contributed by atoms with van der Waals surface area (Å²) in [6, 6.07) is 1.80.